The second kappa shape index (κ2) is 7.21. The molecule has 6 heteroatoms. The summed E-state index contributed by atoms with van der Waals surface area (Å²) in [5, 5.41) is 3.09. The van der Waals surface area contributed by atoms with Gasteiger partial charge < -0.3 is 10.1 Å². The molecule has 0 rings (SSSR count). The van der Waals surface area contributed by atoms with Crippen molar-refractivity contribution < 1.29 is 13.2 Å². The van der Waals surface area contributed by atoms with Crippen LogP contribution in [0.1, 0.15) is 27.2 Å². The average Bonchev–Trinajstić information content (AvgIpc) is 2.22. The number of rotatable bonds is 9. The highest BCUT2D eigenvalue weighted by Crippen LogP contribution is 2.05. The molecule has 0 aliphatic heterocycles. The Morgan fingerprint density at radius 2 is 1.94 bits per heavy atom. The molecule has 0 aromatic heterocycles. The highest BCUT2D eigenvalue weighted by molar-refractivity contribution is 7.89. The van der Waals surface area contributed by atoms with Gasteiger partial charge in [-0.05, 0) is 33.4 Å². The van der Waals surface area contributed by atoms with Gasteiger partial charge in [-0.3, -0.25) is 0 Å². The van der Waals surface area contributed by atoms with Gasteiger partial charge in [0.2, 0.25) is 10.0 Å². The Kier molecular flexibility index (Phi) is 7.14. The van der Waals surface area contributed by atoms with Gasteiger partial charge in [-0.1, -0.05) is 6.92 Å². The normalized spacial score (nSPS) is 13.0. The Bertz CT molecular complexity index is 276. The van der Waals surface area contributed by atoms with Crippen molar-refractivity contribution in [2.45, 2.75) is 32.8 Å². The van der Waals surface area contributed by atoms with Gasteiger partial charge in [0.25, 0.3) is 0 Å². The van der Waals surface area contributed by atoms with Gasteiger partial charge in [-0.25, -0.2) is 13.1 Å². The van der Waals surface area contributed by atoms with Crippen LogP contribution >= 0.6 is 0 Å². The van der Waals surface area contributed by atoms with Crippen molar-refractivity contribution in [2.75, 3.05) is 32.5 Å². The minimum absolute atomic E-state index is 0.153. The number of ether oxygens (including phenoxy) is 1. The van der Waals surface area contributed by atoms with Crippen LogP contribution in [0.3, 0.4) is 0 Å². The number of hydrogen-bond donors (Lipinski definition) is 2. The Morgan fingerprint density at radius 1 is 1.31 bits per heavy atom. The number of nitrogens with one attached hydrogen (secondary N) is 2. The lowest BCUT2D eigenvalue weighted by Gasteiger charge is -2.23. The smallest absolute Gasteiger partial charge is 0.211 e. The second-order valence-corrected chi connectivity index (χ2v) is 6.24. The molecule has 0 radical (unpaired) electrons. The topological polar surface area (TPSA) is 67.4 Å². The Morgan fingerprint density at radius 3 is 2.44 bits per heavy atom. The molecule has 2 N–H and O–H groups in total. The van der Waals surface area contributed by atoms with E-state index >= 15 is 0 Å². The van der Waals surface area contributed by atoms with Crippen molar-refractivity contribution in [3.05, 3.63) is 0 Å². The van der Waals surface area contributed by atoms with E-state index in [-0.39, 0.29) is 5.75 Å². The van der Waals surface area contributed by atoms with Crippen LogP contribution in [0.25, 0.3) is 0 Å². The summed E-state index contributed by atoms with van der Waals surface area (Å²) in [7, 11) is -1.61. The van der Waals surface area contributed by atoms with Gasteiger partial charge in [-0.15, -0.1) is 0 Å². The van der Waals surface area contributed by atoms with Crippen molar-refractivity contribution in [2.24, 2.45) is 0 Å². The monoisotopic (exact) mass is 252 g/mol. The fourth-order valence-corrected chi connectivity index (χ4v) is 2.23. The van der Waals surface area contributed by atoms with Crippen LogP contribution in [0.15, 0.2) is 0 Å². The van der Waals surface area contributed by atoms with Gasteiger partial charge in [-0.2, -0.15) is 0 Å². The molecule has 0 unspecified atom stereocenters. The van der Waals surface area contributed by atoms with E-state index in [0.29, 0.717) is 13.0 Å². The van der Waals surface area contributed by atoms with Gasteiger partial charge in [0.05, 0.1) is 11.4 Å². The molecular formula is C10H24N2O3S. The molecule has 0 fully saturated rings. The van der Waals surface area contributed by atoms with E-state index < -0.39 is 15.6 Å². The van der Waals surface area contributed by atoms with E-state index in [0.717, 1.165) is 13.1 Å². The van der Waals surface area contributed by atoms with Crippen LogP contribution in [0.4, 0.5) is 0 Å². The summed E-state index contributed by atoms with van der Waals surface area (Å²) in [5.41, 5.74) is -0.464. The van der Waals surface area contributed by atoms with Crippen molar-refractivity contribution >= 4 is 10.0 Å². The zero-order valence-electron chi connectivity index (χ0n) is 10.7. The van der Waals surface area contributed by atoms with Crippen LogP contribution in [-0.4, -0.2) is 46.5 Å². The van der Waals surface area contributed by atoms with Crippen molar-refractivity contribution in [1.29, 1.82) is 0 Å². The van der Waals surface area contributed by atoms with Gasteiger partial charge in [0, 0.05) is 13.7 Å². The largest absolute Gasteiger partial charge is 0.377 e. The third kappa shape index (κ3) is 8.04. The maximum absolute atomic E-state index is 11.6. The molecule has 0 aromatic carbocycles. The quantitative estimate of drug-likeness (QED) is 0.580. The van der Waals surface area contributed by atoms with Crippen LogP contribution in [-0.2, 0) is 14.8 Å². The molecule has 16 heavy (non-hydrogen) atoms. The third-order valence-corrected chi connectivity index (χ3v) is 3.70. The summed E-state index contributed by atoms with van der Waals surface area (Å²) >= 11 is 0. The molecule has 5 nitrogen and oxygen atoms in total. The van der Waals surface area contributed by atoms with E-state index in [1.54, 1.807) is 7.11 Å². The molecule has 0 amide bonds. The Balaban J connectivity index is 3.88. The Labute approximate surface area is 99.0 Å². The highest BCUT2D eigenvalue weighted by atomic mass is 32.2. The standard InChI is InChI=1S/C10H24N2O3S/c1-5-11-7-6-8-16(13,14)12-9-10(2,3)15-4/h11-12H,5-9H2,1-4H3. The first-order chi connectivity index (χ1) is 7.33. The molecule has 98 valence electrons. The van der Waals surface area contributed by atoms with Gasteiger partial charge in [0.15, 0.2) is 0 Å². The zero-order valence-corrected chi connectivity index (χ0v) is 11.5. The maximum Gasteiger partial charge on any atom is 0.211 e. The van der Waals surface area contributed by atoms with Gasteiger partial charge >= 0.3 is 0 Å². The SMILES string of the molecule is CCNCCCS(=O)(=O)NCC(C)(C)OC. The molecule has 0 bridgehead atoms. The predicted octanol–water partition coefficient (Wildman–Crippen LogP) is 0.330. The molecule has 0 saturated heterocycles. The number of methoxy groups -OCH3 is 1. The molecule has 0 spiro atoms. The fourth-order valence-electron chi connectivity index (χ4n) is 0.992. The van der Waals surface area contributed by atoms with E-state index in [1.807, 2.05) is 20.8 Å². The van der Waals surface area contributed by atoms with Crippen molar-refractivity contribution in [3.63, 3.8) is 0 Å². The molecule has 0 aromatic rings. The van der Waals surface area contributed by atoms with E-state index in [2.05, 4.69) is 10.0 Å². The first-order valence-corrected chi connectivity index (χ1v) is 7.21. The van der Waals surface area contributed by atoms with E-state index in [4.69, 9.17) is 4.74 Å². The summed E-state index contributed by atoms with van der Waals surface area (Å²) in [6.45, 7) is 7.57. The van der Waals surface area contributed by atoms with E-state index in [9.17, 15) is 8.42 Å². The minimum Gasteiger partial charge on any atom is -0.377 e. The van der Waals surface area contributed by atoms with Gasteiger partial charge in [0.1, 0.15) is 0 Å². The molecule has 0 saturated carbocycles. The zero-order chi connectivity index (χ0) is 12.7. The highest BCUT2D eigenvalue weighted by Gasteiger charge is 2.19. The van der Waals surface area contributed by atoms with Crippen molar-refractivity contribution in [3.8, 4) is 0 Å². The maximum atomic E-state index is 11.6. The summed E-state index contributed by atoms with van der Waals surface area (Å²) in [6.07, 6.45) is 0.622. The Hall–Kier alpha value is -0.170. The van der Waals surface area contributed by atoms with Crippen molar-refractivity contribution in [1.82, 2.24) is 10.0 Å². The summed E-state index contributed by atoms with van der Waals surface area (Å²) in [6, 6.07) is 0. The molecule has 0 aliphatic carbocycles. The molecule has 0 heterocycles. The first-order valence-electron chi connectivity index (χ1n) is 5.56. The van der Waals surface area contributed by atoms with Crippen LogP contribution in [0.5, 0.6) is 0 Å². The third-order valence-electron chi connectivity index (χ3n) is 2.29. The molecular weight excluding hydrogens is 228 g/mol. The number of sulfonamides is 1. The lowest BCUT2D eigenvalue weighted by atomic mass is 10.1. The van der Waals surface area contributed by atoms with Crippen LogP contribution in [0, 0.1) is 0 Å². The molecule has 0 atom stereocenters. The summed E-state index contributed by atoms with van der Waals surface area (Å²) < 4.78 is 30.8. The number of hydrogen-bond acceptors (Lipinski definition) is 4. The van der Waals surface area contributed by atoms with Crippen LogP contribution in [0.2, 0.25) is 0 Å². The van der Waals surface area contributed by atoms with Crippen LogP contribution < -0.4 is 10.0 Å². The minimum atomic E-state index is -3.18. The first kappa shape index (κ1) is 15.8. The predicted molar refractivity (Wildman–Crippen MR) is 66.0 cm³/mol. The fraction of sp³-hybridized carbons (Fsp3) is 1.00. The summed E-state index contributed by atoms with van der Waals surface area (Å²) in [5.74, 6) is 0.153. The van der Waals surface area contributed by atoms with E-state index in [1.165, 1.54) is 0 Å². The lowest BCUT2D eigenvalue weighted by molar-refractivity contribution is 0.0276. The second-order valence-electron chi connectivity index (χ2n) is 4.31. The molecule has 0 aliphatic rings. The summed E-state index contributed by atoms with van der Waals surface area (Å²) in [4.78, 5) is 0. The lowest BCUT2D eigenvalue weighted by Crippen LogP contribution is -2.40. The average molecular weight is 252 g/mol.